The van der Waals surface area contributed by atoms with Gasteiger partial charge in [-0.25, -0.2) is 0 Å². The maximum atomic E-state index is 11.9. The maximum Gasteiger partial charge on any atom is 0.223 e. The van der Waals surface area contributed by atoms with E-state index in [-0.39, 0.29) is 24.5 Å². The minimum Gasteiger partial charge on any atom is -0.396 e. The van der Waals surface area contributed by atoms with E-state index < -0.39 is 0 Å². The Morgan fingerprint density at radius 2 is 1.94 bits per heavy atom. The average molecular weight is 223 g/mol. The molecular weight excluding hydrogens is 202 g/mol. The summed E-state index contributed by atoms with van der Waals surface area (Å²) < 4.78 is 0. The molecule has 16 heavy (non-hydrogen) atoms. The van der Waals surface area contributed by atoms with Crippen LogP contribution in [0.1, 0.15) is 38.5 Å². The van der Waals surface area contributed by atoms with Crippen molar-refractivity contribution in [1.29, 1.82) is 0 Å². The molecule has 4 unspecified atom stereocenters. The molecule has 0 aromatic carbocycles. The van der Waals surface area contributed by atoms with Crippen LogP contribution >= 0.6 is 0 Å². The molecule has 4 atom stereocenters. The highest BCUT2D eigenvalue weighted by Crippen LogP contribution is 2.48. The van der Waals surface area contributed by atoms with Gasteiger partial charge < -0.3 is 10.4 Å². The quantitative estimate of drug-likeness (QED) is 0.758. The number of fused-ring (bicyclic) bond motifs is 2. The second-order valence-corrected chi connectivity index (χ2v) is 5.84. The first-order valence-electron chi connectivity index (χ1n) is 6.71. The standard InChI is InChI=1S/C13H21NO2/c15-7-11-9-4-5-10(6-9)12(11)14-13(16)8-2-1-3-8/h8-12,15H,1-7H2,(H,14,16). The number of nitrogens with one attached hydrogen (secondary N) is 1. The van der Waals surface area contributed by atoms with E-state index >= 15 is 0 Å². The number of hydrogen-bond acceptors (Lipinski definition) is 2. The van der Waals surface area contributed by atoms with E-state index in [1.807, 2.05) is 0 Å². The lowest BCUT2D eigenvalue weighted by atomic mass is 9.82. The number of aliphatic hydroxyl groups is 1. The van der Waals surface area contributed by atoms with Crippen LogP contribution in [0, 0.1) is 23.7 Å². The van der Waals surface area contributed by atoms with Crippen LogP contribution in [0.3, 0.4) is 0 Å². The molecule has 90 valence electrons. The third-order valence-corrected chi connectivity index (χ3v) is 5.08. The Hall–Kier alpha value is -0.570. The first kappa shape index (κ1) is 10.6. The van der Waals surface area contributed by atoms with E-state index in [1.54, 1.807) is 0 Å². The molecule has 3 aliphatic carbocycles. The Bertz CT molecular complexity index is 288. The Labute approximate surface area is 96.6 Å². The summed E-state index contributed by atoms with van der Waals surface area (Å²) in [7, 11) is 0. The minimum absolute atomic E-state index is 0.247. The Morgan fingerprint density at radius 3 is 2.56 bits per heavy atom. The Morgan fingerprint density at radius 1 is 1.19 bits per heavy atom. The first-order chi connectivity index (χ1) is 7.79. The fourth-order valence-corrected chi connectivity index (χ4v) is 3.85. The van der Waals surface area contributed by atoms with Gasteiger partial charge in [-0.3, -0.25) is 4.79 Å². The van der Waals surface area contributed by atoms with Crippen molar-refractivity contribution in [3.05, 3.63) is 0 Å². The zero-order chi connectivity index (χ0) is 11.1. The molecule has 3 saturated carbocycles. The van der Waals surface area contributed by atoms with E-state index in [0.29, 0.717) is 17.8 Å². The van der Waals surface area contributed by atoms with Gasteiger partial charge in [0.25, 0.3) is 0 Å². The van der Waals surface area contributed by atoms with Gasteiger partial charge in [-0.1, -0.05) is 6.42 Å². The van der Waals surface area contributed by atoms with Crippen LogP contribution < -0.4 is 5.32 Å². The van der Waals surface area contributed by atoms with Crippen molar-refractivity contribution in [2.24, 2.45) is 23.7 Å². The van der Waals surface area contributed by atoms with E-state index in [1.165, 1.54) is 25.7 Å². The smallest absolute Gasteiger partial charge is 0.223 e. The summed E-state index contributed by atoms with van der Waals surface area (Å²) in [6, 6.07) is 0.275. The van der Waals surface area contributed by atoms with Crippen molar-refractivity contribution in [3.63, 3.8) is 0 Å². The number of aliphatic hydroxyl groups excluding tert-OH is 1. The number of hydrogen-bond donors (Lipinski definition) is 2. The lowest BCUT2D eigenvalue weighted by molar-refractivity contribution is -0.129. The van der Waals surface area contributed by atoms with E-state index in [9.17, 15) is 9.90 Å². The summed E-state index contributed by atoms with van der Waals surface area (Å²) in [5.41, 5.74) is 0. The van der Waals surface area contributed by atoms with Gasteiger partial charge >= 0.3 is 0 Å². The molecule has 0 heterocycles. The molecule has 3 nitrogen and oxygen atoms in total. The largest absolute Gasteiger partial charge is 0.396 e. The number of carbonyl (C=O) groups is 1. The molecule has 3 rings (SSSR count). The van der Waals surface area contributed by atoms with Gasteiger partial charge in [-0.15, -0.1) is 0 Å². The monoisotopic (exact) mass is 223 g/mol. The second kappa shape index (κ2) is 4.02. The predicted molar refractivity (Wildman–Crippen MR) is 60.7 cm³/mol. The van der Waals surface area contributed by atoms with Crippen LogP contribution in [0.15, 0.2) is 0 Å². The minimum atomic E-state index is 0.247. The van der Waals surface area contributed by atoms with E-state index in [2.05, 4.69) is 5.32 Å². The molecule has 2 bridgehead atoms. The van der Waals surface area contributed by atoms with Crippen LogP contribution in [-0.2, 0) is 4.79 Å². The van der Waals surface area contributed by atoms with Gasteiger partial charge in [0.15, 0.2) is 0 Å². The SMILES string of the molecule is O=C(NC1C2CCC(C2)C1CO)C1CCC1. The summed E-state index contributed by atoms with van der Waals surface area (Å²) >= 11 is 0. The molecule has 0 aromatic heterocycles. The number of amides is 1. The average Bonchev–Trinajstić information content (AvgIpc) is 2.74. The van der Waals surface area contributed by atoms with Gasteiger partial charge in [0, 0.05) is 24.5 Å². The van der Waals surface area contributed by atoms with Crippen LogP contribution in [0.25, 0.3) is 0 Å². The predicted octanol–water partition coefficient (Wildman–Crippen LogP) is 1.31. The highest BCUT2D eigenvalue weighted by molar-refractivity contribution is 5.79. The molecule has 0 radical (unpaired) electrons. The molecule has 2 N–H and O–H groups in total. The summed E-state index contributed by atoms with van der Waals surface area (Å²) in [5, 5.41) is 12.6. The molecule has 0 spiro atoms. The molecular formula is C13H21NO2. The molecule has 3 aliphatic rings. The van der Waals surface area contributed by atoms with Crippen LogP contribution in [-0.4, -0.2) is 23.7 Å². The van der Waals surface area contributed by atoms with Crippen LogP contribution in [0.4, 0.5) is 0 Å². The second-order valence-electron chi connectivity index (χ2n) is 5.84. The Kier molecular flexibility index (Phi) is 2.66. The molecule has 0 aliphatic heterocycles. The fraction of sp³-hybridized carbons (Fsp3) is 0.923. The number of carbonyl (C=O) groups excluding carboxylic acids is 1. The zero-order valence-electron chi connectivity index (χ0n) is 9.69. The van der Waals surface area contributed by atoms with Crippen LogP contribution in [0.5, 0.6) is 0 Å². The normalized spacial score (nSPS) is 42.1. The highest BCUT2D eigenvalue weighted by atomic mass is 16.3. The third-order valence-electron chi connectivity index (χ3n) is 5.08. The van der Waals surface area contributed by atoms with Crippen molar-refractivity contribution in [3.8, 4) is 0 Å². The van der Waals surface area contributed by atoms with Gasteiger partial charge in [0.05, 0.1) is 0 Å². The van der Waals surface area contributed by atoms with Crippen molar-refractivity contribution in [2.45, 2.75) is 44.6 Å². The summed E-state index contributed by atoms with van der Waals surface area (Å²) in [4.78, 5) is 11.9. The van der Waals surface area contributed by atoms with E-state index in [0.717, 1.165) is 12.8 Å². The van der Waals surface area contributed by atoms with Gasteiger partial charge in [0.1, 0.15) is 0 Å². The van der Waals surface area contributed by atoms with Crippen molar-refractivity contribution >= 4 is 5.91 Å². The van der Waals surface area contributed by atoms with E-state index in [4.69, 9.17) is 0 Å². The topological polar surface area (TPSA) is 49.3 Å². The molecule has 0 saturated heterocycles. The Balaban J connectivity index is 1.62. The molecule has 0 aromatic rings. The number of rotatable bonds is 3. The van der Waals surface area contributed by atoms with Crippen molar-refractivity contribution in [2.75, 3.05) is 6.61 Å². The summed E-state index contributed by atoms with van der Waals surface area (Å²) in [5.74, 6) is 2.18. The van der Waals surface area contributed by atoms with Crippen molar-refractivity contribution in [1.82, 2.24) is 5.32 Å². The molecule has 3 heteroatoms. The van der Waals surface area contributed by atoms with Crippen molar-refractivity contribution < 1.29 is 9.90 Å². The third kappa shape index (κ3) is 1.56. The lowest BCUT2D eigenvalue weighted by Gasteiger charge is -2.33. The fourth-order valence-electron chi connectivity index (χ4n) is 3.85. The lowest BCUT2D eigenvalue weighted by Crippen LogP contribution is -2.48. The van der Waals surface area contributed by atoms with Gasteiger partial charge in [0.2, 0.25) is 5.91 Å². The summed E-state index contributed by atoms with van der Waals surface area (Å²) in [6.07, 6.45) is 7.06. The summed E-state index contributed by atoms with van der Waals surface area (Å²) in [6.45, 7) is 0.247. The molecule has 3 fully saturated rings. The zero-order valence-corrected chi connectivity index (χ0v) is 9.69. The first-order valence-corrected chi connectivity index (χ1v) is 6.71. The van der Waals surface area contributed by atoms with Gasteiger partial charge in [-0.05, 0) is 43.9 Å². The molecule has 1 amide bonds. The highest BCUT2D eigenvalue weighted by Gasteiger charge is 2.48. The van der Waals surface area contributed by atoms with Crippen LogP contribution in [0.2, 0.25) is 0 Å². The maximum absolute atomic E-state index is 11.9. The van der Waals surface area contributed by atoms with Gasteiger partial charge in [-0.2, -0.15) is 0 Å².